The third-order valence-electron chi connectivity index (χ3n) is 7.36. The zero-order valence-electron chi connectivity index (χ0n) is 25.1. The number of halogens is 2. The minimum atomic E-state index is -1.02. The summed E-state index contributed by atoms with van der Waals surface area (Å²) in [5.41, 5.74) is 8.77. The van der Waals surface area contributed by atoms with Crippen molar-refractivity contribution in [3.05, 3.63) is 94.2 Å². The molecule has 1 aliphatic rings. The topological polar surface area (TPSA) is 98.9 Å². The van der Waals surface area contributed by atoms with Gasteiger partial charge in [-0.1, -0.05) is 52.0 Å². The van der Waals surface area contributed by atoms with Gasteiger partial charge in [-0.2, -0.15) is 0 Å². The lowest BCUT2D eigenvalue weighted by atomic mass is 9.96. The van der Waals surface area contributed by atoms with E-state index in [4.69, 9.17) is 5.73 Å². The van der Waals surface area contributed by atoms with Crippen molar-refractivity contribution in [2.24, 2.45) is 5.73 Å². The Labute approximate surface area is 248 Å². The van der Waals surface area contributed by atoms with E-state index in [0.29, 0.717) is 36.7 Å². The SMILES string of the molecule is CCCN(CCC)C(=O)C1=CC(C(N)=O)=CN([C@@H](Cc2cc(F)cc(F)c2)[C@H](O)CNCc2cccc(C(C)C)c2)C1. The summed E-state index contributed by atoms with van der Waals surface area (Å²) in [6.45, 7) is 10.1. The van der Waals surface area contributed by atoms with E-state index in [0.717, 1.165) is 24.5 Å². The van der Waals surface area contributed by atoms with Crippen molar-refractivity contribution in [3.8, 4) is 0 Å². The Balaban J connectivity index is 1.88. The standard InChI is InChI=1S/C33H44F2N4O3/c1-5-10-38(11-6-2)33(42)27-16-26(32(36)41)20-39(21-27)30(15-24-13-28(34)17-29(35)14-24)31(40)19-37-18-23-8-7-9-25(12-23)22(3)4/h7-9,12-14,16-17,20,22,30-31,37,40H,5-6,10-11,15,18-19,21H2,1-4H3,(H2,36,41)/t30-,31+/m0/s1. The summed E-state index contributed by atoms with van der Waals surface area (Å²) in [7, 11) is 0. The lowest BCUT2D eigenvalue weighted by Gasteiger charge is -2.38. The van der Waals surface area contributed by atoms with Crippen LogP contribution in [0.4, 0.5) is 8.78 Å². The van der Waals surface area contributed by atoms with E-state index in [-0.39, 0.29) is 31.0 Å². The van der Waals surface area contributed by atoms with Crippen LogP contribution in [0.25, 0.3) is 0 Å². The van der Waals surface area contributed by atoms with Gasteiger partial charge in [-0.3, -0.25) is 9.59 Å². The number of carbonyl (C=O) groups excluding carboxylic acids is 2. The quantitative estimate of drug-likeness (QED) is 0.289. The second-order valence-electron chi connectivity index (χ2n) is 11.2. The van der Waals surface area contributed by atoms with Crippen LogP contribution >= 0.6 is 0 Å². The second kappa shape index (κ2) is 15.6. The van der Waals surface area contributed by atoms with E-state index in [1.807, 2.05) is 26.0 Å². The van der Waals surface area contributed by atoms with Crippen LogP contribution < -0.4 is 11.1 Å². The van der Waals surface area contributed by atoms with Crippen molar-refractivity contribution < 1.29 is 23.5 Å². The summed E-state index contributed by atoms with van der Waals surface area (Å²) >= 11 is 0. The fourth-order valence-corrected chi connectivity index (χ4v) is 5.23. The lowest BCUT2D eigenvalue weighted by molar-refractivity contribution is -0.127. The predicted octanol–water partition coefficient (Wildman–Crippen LogP) is 4.41. The first kappa shape index (κ1) is 32.9. The van der Waals surface area contributed by atoms with Crippen molar-refractivity contribution in [3.63, 3.8) is 0 Å². The first-order valence-electron chi connectivity index (χ1n) is 14.7. The van der Waals surface area contributed by atoms with E-state index in [1.165, 1.54) is 30.0 Å². The number of rotatable bonds is 15. The fourth-order valence-electron chi connectivity index (χ4n) is 5.23. The van der Waals surface area contributed by atoms with Crippen molar-refractivity contribution in [1.29, 1.82) is 0 Å². The number of primary amides is 1. The molecule has 0 aromatic heterocycles. The number of nitrogens with zero attached hydrogens (tertiary/aromatic N) is 2. The normalized spacial score (nSPS) is 14.8. The average Bonchev–Trinajstić information content (AvgIpc) is 2.94. The van der Waals surface area contributed by atoms with Gasteiger partial charge < -0.3 is 26.0 Å². The number of amides is 2. The first-order valence-corrected chi connectivity index (χ1v) is 14.7. The molecule has 3 rings (SSSR count). The number of hydrogen-bond acceptors (Lipinski definition) is 5. The Hall–Kier alpha value is -3.56. The summed E-state index contributed by atoms with van der Waals surface area (Å²) < 4.78 is 28.2. The maximum Gasteiger partial charge on any atom is 0.251 e. The number of carbonyl (C=O) groups is 2. The Bertz CT molecular complexity index is 1270. The highest BCUT2D eigenvalue weighted by Crippen LogP contribution is 2.23. The molecule has 0 fully saturated rings. The monoisotopic (exact) mass is 582 g/mol. The number of hydrogen-bond donors (Lipinski definition) is 3. The molecule has 0 aliphatic carbocycles. The van der Waals surface area contributed by atoms with Gasteiger partial charge in [0.2, 0.25) is 5.91 Å². The molecule has 0 bridgehead atoms. The molecule has 2 amide bonds. The minimum Gasteiger partial charge on any atom is -0.390 e. The molecule has 0 unspecified atom stereocenters. The van der Waals surface area contributed by atoms with Gasteiger partial charge in [-0.05, 0) is 60.1 Å². The molecular weight excluding hydrogens is 538 g/mol. The molecule has 42 heavy (non-hydrogen) atoms. The van der Waals surface area contributed by atoms with Crippen LogP contribution in [0.2, 0.25) is 0 Å². The lowest BCUT2D eigenvalue weighted by Crippen LogP contribution is -2.49. The van der Waals surface area contributed by atoms with E-state index in [9.17, 15) is 23.5 Å². The van der Waals surface area contributed by atoms with Crippen molar-refractivity contribution in [2.45, 2.75) is 71.6 Å². The van der Waals surface area contributed by atoms with Crippen molar-refractivity contribution >= 4 is 11.8 Å². The molecule has 7 nitrogen and oxygen atoms in total. The van der Waals surface area contributed by atoms with Gasteiger partial charge in [0.1, 0.15) is 11.6 Å². The van der Waals surface area contributed by atoms with Crippen LogP contribution in [0.1, 0.15) is 63.1 Å². The van der Waals surface area contributed by atoms with Gasteiger partial charge in [0.25, 0.3) is 5.91 Å². The van der Waals surface area contributed by atoms with Crippen LogP contribution in [0.3, 0.4) is 0 Å². The highest BCUT2D eigenvalue weighted by Gasteiger charge is 2.31. The molecule has 228 valence electrons. The van der Waals surface area contributed by atoms with E-state index in [1.54, 1.807) is 9.80 Å². The predicted molar refractivity (Wildman–Crippen MR) is 161 cm³/mol. The Morgan fingerprint density at radius 3 is 2.31 bits per heavy atom. The van der Waals surface area contributed by atoms with Crippen LogP contribution in [-0.2, 0) is 22.6 Å². The highest BCUT2D eigenvalue weighted by atomic mass is 19.1. The summed E-state index contributed by atoms with van der Waals surface area (Å²) in [6, 6.07) is 10.7. The van der Waals surface area contributed by atoms with Gasteiger partial charge in [0.05, 0.1) is 17.7 Å². The first-order chi connectivity index (χ1) is 20.0. The Morgan fingerprint density at radius 1 is 1.05 bits per heavy atom. The molecule has 2 aromatic rings. The molecule has 1 aliphatic heterocycles. The molecular formula is C33H44F2N4O3. The van der Waals surface area contributed by atoms with Gasteiger partial charge in [-0.15, -0.1) is 0 Å². The molecule has 0 saturated heterocycles. The van der Waals surface area contributed by atoms with Gasteiger partial charge in [0, 0.05) is 50.6 Å². The molecule has 0 spiro atoms. The smallest absolute Gasteiger partial charge is 0.251 e. The van der Waals surface area contributed by atoms with Gasteiger partial charge in [-0.25, -0.2) is 8.78 Å². The second-order valence-corrected chi connectivity index (χ2v) is 11.2. The minimum absolute atomic E-state index is 0.0675. The molecule has 2 aromatic carbocycles. The summed E-state index contributed by atoms with van der Waals surface area (Å²) in [4.78, 5) is 29.3. The number of nitrogens with two attached hydrogens (primary N) is 1. The van der Waals surface area contributed by atoms with Gasteiger partial charge >= 0.3 is 0 Å². The third kappa shape index (κ3) is 9.22. The number of aliphatic hydroxyl groups excluding tert-OH is 1. The molecule has 0 radical (unpaired) electrons. The van der Waals surface area contributed by atoms with Crippen LogP contribution in [0, 0.1) is 11.6 Å². The van der Waals surface area contributed by atoms with E-state index < -0.39 is 29.7 Å². The summed E-state index contributed by atoms with van der Waals surface area (Å²) in [5, 5.41) is 14.7. The van der Waals surface area contributed by atoms with Crippen molar-refractivity contribution in [2.75, 3.05) is 26.2 Å². The third-order valence-corrected chi connectivity index (χ3v) is 7.36. The van der Waals surface area contributed by atoms with E-state index >= 15 is 0 Å². The van der Waals surface area contributed by atoms with Crippen molar-refractivity contribution in [1.82, 2.24) is 15.1 Å². The van der Waals surface area contributed by atoms with Gasteiger partial charge in [0.15, 0.2) is 0 Å². The Kier molecular flexibility index (Phi) is 12.2. The molecule has 1 heterocycles. The van der Waals surface area contributed by atoms with Crippen LogP contribution in [0.5, 0.6) is 0 Å². The zero-order valence-corrected chi connectivity index (χ0v) is 25.1. The summed E-state index contributed by atoms with van der Waals surface area (Å²) in [5.74, 6) is -1.98. The highest BCUT2D eigenvalue weighted by molar-refractivity contribution is 6.00. The largest absolute Gasteiger partial charge is 0.390 e. The maximum absolute atomic E-state index is 14.1. The van der Waals surface area contributed by atoms with E-state index in [2.05, 4.69) is 31.3 Å². The molecule has 9 heteroatoms. The zero-order chi connectivity index (χ0) is 30.8. The average molecular weight is 583 g/mol. The number of benzene rings is 2. The summed E-state index contributed by atoms with van der Waals surface area (Å²) in [6.07, 6.45) is 3.63. The van der Waals surface area contributed by atoms with Crippen LogP contribution in [0.15, 0.2) is 65.9 Å². The molecule has 4 N–H and O–H groups in total. The fraction of sp³-hybridized carbons (Fsp3) is 0.455. The number of nitrogens with one attached hydrogen (secondary N) is 1. The number of aliphatic hydroxyl groups is 1. The molecule has 0 saturated carbocycles. The maximum atomic E-state index is 14.1. The molecule has 2 atom stereocenters. The Morgan fingerprint density at radius 2 is 1.71 bits per heavy atom. The van der Waals surface area contributed by atoms with Crippen LogP contribution in [-0.4, -0.2) is 65.0 Å².